The number of aromatic nitrogens is 3. The molecule has 2 heterocycles. The molecule has 0 saturated heterocycles. The van der Waals surface area contributed by atoms with Crippen LogP contribution in [0.3, 0.4) is 0 Å². The molecule has 0 radical (unpaired) electrons. The Morgan fingerprint density at radius 2 is 2.26 bits per heavy atom. The highest BCUT2D eigenvalue weighted by atomic mass is 32.2. The van der Waals surface area contributed by atoms with Gasteiger partial charge in [0, 0.05) is 25.5 Å². The Bertz CT molecular complexity index is 655. The number of nitro groups is 1. The molecule has 19 heavy (non-hydrogen) atoms. The third-order valence-corrected chi connectivity index (χ3v) is 3.34. The summed E-state index contributed by atoms with van der Waals surface area (Å²) in [5.41, 5.74) is -0.580. The molecular formula is C10H8N4O4S. The SMILES string of the molecule is Cn1ccnc1Sc1ncc([N+](=O)[O-])cc1C(=O)O. The zero-order valence-corrected chi connectivity index (χ0v) is 10.5. The number of carboxylic acid groups (broad SMARTS) is 1. The van der Waals surface area contributed by atoms with Crippen LogP contribution in [0.1, 0.15) is 10.4 Å². The molecule has 0 aliphatic rings. The van der Waals surface area contributed by atoms with Crippen molar-refractivity contribution in [2.45, 2.75) is 10.2 Å². The Morgan fingerprint density at radius 3 is 2.79 bits per heavy atom. The predicted molar refractivity (Wildman–Crippen MR) is 65.2 cm³/mol. The number of aryl methyl sites for hydroxylation is 1. The van der Waals surface area contributed by atoms with Crippen molar-refractivity contribution >= 4 is 23.4 Å². The van der Waals surface area contributed by atoms with E-state index in [1.54, 1.807) is 24.0 Å². The molecule has 0 saturated carbocycles. The van der Waals surface area contributed by atoms with Gasteiger partial charge in [0.25, 0.3) is 5.69 Å². The number of hydrogen-bond acceptors (Lipinski definition) is 6. The zero-order valence-electron chi connectivity index (χ0n) is 9.68. The van der Waals surface area contributed by atoms with E-state index >= 15 is 0 Å². The van der Waals surface area contributed by atoms with Crippen LogP contribution in [0.15, 0.2) is 34.8 Å². The van der Waals surface area contributed by atoms with Crippen LogP contribution in [0.4, 0.5) is 5.69 Å². The lowest BCUT2D eigenvalue weighted by Crippen LogP contribution is -2.03. The average Bonchev–Trinajstić information content (AvgIpc) is 2.75. The number of rotatable bonds is 4. The van der Waals surface area contributed by atoms with Crippen LogP contribution in [-0.2, 0) is 7.05 Å². The number of carbonyl (C=O) groups is 1. The number of nitrogens with zero attached hydrogens (tertiary/aromatic N) is 4. The molecule has 98 valence electrons. The minimum atomic E-state index is -1.27. The molecule has 2 aromatic rings. The van der Waals surface area contributed by atoms with Gasteiger partial charge < -0.3 is 9.67 Å². The van der Waals surface area contributed by atoms with Crippen molar-refractivity contribution in [1.29, 1.82) is 0 Å². The molecule has 2 rings (SSSR count). The molecular weight excluding hydrogens is 272 g/mol. The number of aromatic carboxylic acids is 1. The fourth-order valence-corrected chi connectivity index (χ4v) is 2.17. The van der Waals surface area contributed by atoms with Crippen molar-refractivity contribution in [1.82, 2.24) is 14.5 Å². The van der Waals surface area contributed by atoms with Crippen molar-refractivity contribution in [2.24, 2.45) is 7.05 Å². The Balaban J connectivity index is 2.43. The predicted octanol–water partition coefficient (Wildman–Crippen LogP) is 1.57. The maximum Gasteiger partial charge on any atom is 0.338 e. The standard InChI is InChI=1S/C10H8N4O4S/c1-13-3-2-11-10(13)19-8-7(9(15)16)4-6(5-12-8)14(17)18/h2-5H,1H3,(H,15,16). The fraction of sp³-hybridized carbons (Fsp3) is 0.100. The van der Waals surface area contributed by atoms with E-state index in [-0.39, 0.29) is 16.3 Å². The number of pyridine rings is 1. The van der Waals surface area contributed by atoms with Crippen LogP contribution < -0.4 is 0 Å². The molecule has 0 amide bonds. The zero-order chi connectivity index (χ0) is 14.0. The van der Waals surface area contributed by atoms with E-state index in [0.717, 1.165) is 24.0 Å². The van der Waals surface area contributed by atoms with Crippen LogP contribution in [0.25, 0.3) is 0 Å². The van der Waals surface area contributed by atoms with Gasteiger partial charge in [0.1, 0.15) is 11.2 Å². The maximum absolute atomic E-state index is 11.1. The molecule has 0 aliphatic heterocycles. The molecule has 0 bridgehead atoms. The van der Waals surface area contributed by atoms with Gasteiger partial charge in [0.15, 0.2) is 5.16 Å². The molecule has 0 unspecified atom stereocenters. The summed E-state index contributed by atoms with van der Waals surface area (Å²) in [7, 11) is 1.75. The number of carboxylic acids is 1. The monoisotopic (exact) mass is 280 g/mol. The lowest BCUT2D eigenvalue weighted by Gasteiger charge is -2.04. The van der Waals surface area contributed by atoms with E-state index in [2.05, 4.69) is 9.97 Å². The second-order valence-electron chi connectivity index (χ2n) is 3.53. The molecule has 0 aliphatic carbocycles. The van der Waals surface area contributed by atoms with E-state index in [4.69, 9.17) is 5.11 Å². The highest BCUT2D eigenvalue weighted by Crippen LogP contribution is 2.29. The summed E-state index contributed by atoms with van der Waals surface area (Å²) < 4.78 is 1.69. The number of hydrogen-bond donors (Lipinski definition) is 1. The van der Waals surface area contributed by atoms with E-state index in [1.165, 1.54) is 0 Å². The fourth-order valence-electron chi connectivity index (χ4n) is 1.31. The van der Waals surface area contributed by atoms with Gasteiger partial charge in [-0.1, -0.05) is 0 Å². The third kappa shape index (κ3) is 2.71. The van der Waals surface area contributed by atoms with Gasteiger partial charge in [-0.05, 0) is 11.8 Å². The van der Waals surface area contributed by atoms with Gasteiger partial charge in [-0.3, -0.25) is 10.1 Å². The molecule has 2 aromatic heterocycles. The van der Waals surface area contributed by atoms with Crippen LogP contribution in [0.5, 0.6) is 0 Å². The van der Waals surface area contributed by atoms with Crippen LogP contribution >= 0.6 is 11.8 Å². The van der Waals surface area contributed by atoms with Crippen molar-refractivity contribution in [3.05, 3.63) is 40.3 Å². The topological polar surface area (TPSA) is 111 Å². The normalized spacial score (nSPS) is 10.4. The summed E-state index contributed by atoms with van der Waals surface area (Å²) in [5.74, 6) is -1.27. The quantitative estimate of drug-likeness (QED) is 0.668. The van der Waals surface area contributed by atoms with Gasteiger partial charge in [0.05, 0.1) is 10.5 Å². The van der Waals surface area contributed by atoms with Crippen LogP contribution in [-0.4, -0.2) is 30.5 Å². The average molecular weight is 280 g/mol. The summed E-state index contributed by atoms with van der Waals surface area (Å²) in [6.45, 7) is 0. The van der Waals surface area contributed by atoms with Gasteiger partial charge in [-0.15, -0.1) is 0 Å². The Kier molecular flexibility index (Phi) is 3.47. The smallest absolute Gasteiger partial charge is 0.338 e. The number of imidazole rings is 1. The van der Waals surface area contributed by atoms with E-state index in [1.807, 2.05) is 0 Å². The Labute approximate surface area is 111 Å². The van der Waals surface area contributed by atoms with Crippen LogP contribution in [0, 0.1) is 10.1 Å². The second-order valence-corrected chi connectivity index (χ2v) is 4.49. The van der Waals surface area contributed by atoms with Gasteiger partial charge >= 0.3 is 5.97 Å². The third-order valence-electron chi connectivity index (χ3n) is 2.24. The summed E-state index contributed by atoms with van der Waals surface area (Å²) in [6, 6.07) is 0.987. The van der Waals surface area contributed by atoms with Crippen LogP contribution in [0.2, 0.25) is 0 Å². The molecule has 0 spiro atoms. The summed E-state index contributed by atoms with van der Waals surface area (Å²) in [4.78, 5) is 28.9. The Hall–Kier alpha value is -2.42. The lowest BCUT2D eigenvalue weighted by molar-refractivity contribution is -0.385. The first-order valence-electron chi connectivity index (χ1n) is 5.02. The first-order valence-corrected chi connectivity index (χ1v) is 5.83. The molecule has 1 N–H and O–H groups in total. The van der Waals surface area contributed by atoms with Crippen molar-refractivity contribution in [2.75, 3.05) is 0 Å². The second kappa shape index (κ2) is 5.06. The molecule has 0 aromatic carbocycles. The largest absolute Gasteiger partial charge is 0.478 e. The minimum absolute atomic E-state index is 0.160. The van der Waals surface area contributed by atoms with Gasteiger partial charge in [0.2, 0.25) is 0 Å². The minimum Gasteiger partial charge on any atom is -0.478 e. The maximum atomic E-state index is 11.1. The lowest BCUT2D eigenvalue weighted by atomic mass is 10.3. The highest BCUT2D eigenvalue weighted by molar-refractivity contribution is 7.99. The van der Waals surface area contributed by atoms with Gasteiger partial charge in [-0.25, -0.2) is 14.8 Å². The summed E-state index contributed by atoms with van der Waals surface area (Å²) in [5, 5.41) is 20.4. The first-order chi connectivity index (χ1) is 8.99. The Morgan fingerprint density at radius 1 is 1.53 bits per heavy atom. The highest BCUT2D eigenvalue weighted by Gasteiger charge is 2.19. The molecule has 0 atom stereocenters. The summed E-state index contributed by atoms with van der Waals surface area (Å²) in [6.07, 6.45) is 4.29. The van der Waals surface area contributed by atoms with E-state index < -0.39 is 10.9 Å². The van der Waals surface area contributed by atoms with Gasteiger partial charge in [-0.2, -0.15) is 0 Å². The first kappa shape index (κ1) is 13.0. The van der Waals surface area contributed by atoms with Crippen molar-refractivity contribution in [3.8, 4) is 0 Å². The van der Waals surface area contributed by atoms with Crippen molar-refractivity contribution < 1.29 is 14.8 Å². The summed E-state index contributed by atoms with van der Waals surface area (Å²) >= 11 is 1.03. The molecule has 9 heteroatoms. The molecule has 8 nitrogen and oxygen atoms in total. The van der Waals surface area contributed by atoms with Crippen molar-refractivity contribution in [3.63, 3.8) is 0 Å². The molecule has 0 fully saturated rings. The van der Waals surface area contributed by atoms with E-state index in [9.17, 15) is 14.9 Å². The van der Waals surface area contributed by atoms with E-state index in [0.29, 0.717) is 5.16 Å².